The number of aromatic nitrogens is 2. The van der Waals surface area contributed by atoms with Gasteiger partial charge in [-0.05, 0) is 31.5 Å². The minimum Gasteiger partial charge on any atom is -0.304 e. The van der Waals surface area contributed by atoms with E-state index in [2.05, 4.69) is 15.3 Å². The Labute approximate surface area is 117 Å². The van der Waals surface area contributed by atoms with Crippen molar-refractivity contribution in [3.63, 3.8) is 0 Å². The number of nitrogens with zero attached hydrogens (tertiary/aromatic N) is 2. The molecule has 0 bridgehead atoms. The molecule has 2 aromatic rings. The van der Waals surface area contributed by atoms with Crippen molar-refractivity contribution in [3.05, 3.63) is 58.7 Å². The average Bonchev–Trinajstić information content (AvgIpc) is 2.44. The van der Waals surface area contributed by atoms with Gasteiger partial charge in [-0.25, -0.2) is 18.7 Å². The van der Waals surface area contributed by atoms with E-state index in [1.807, 2.05) is 13.8 Å². The van der Waals surface area contributed by atoms with E-state index in [9.17, 15) is 8.78 Å². The van der Waals surface area contributed by atoms with Crippen LogP contribution >= 0.6 is 0 Å². The van der Waals surface area contributed by atoms with E-state index in [0.717, 1.165) is 5.56 Å². The molecule has 1 aromatic carbocycles. The summed E-state index contributed by atoms with van der Waals surface area (Å²) in [5.41, 5.74) is 1.42. The quantitative estimate of drug-likeness (QED) is 0.933. The maximum Gasteiger partial charge on any atom is 0.164 e. The van der Waals surface area contributed by atoms with Crippen LogP contribution in [-0.4, -0.2) is 16.5 Å². The largest absolute Gasteiger partial charge is 0.304 e. The van der Waals surface area contributed by atoms with E-state index < -0.39 is 17.7 Å². The van der Waals surface area contributed by atoms with Gasteiger partial charge in [0.05, 0.1) is 6.04 Å². The van der Waals surface area contributed by atoms with Crippen LogP contribution in [0.25, 0.3) is 0 Å². The summed E-state index contributed by atoms with van der Waals surface area (Å²) in [5, 5.41) is 3.09. The van der Waals surface area contributed by atoms with E-state index in [4.69, 9.17) is 0 Å². The van der Waals surface area contributed by atoms with Gasteiger partial charge in [0.1, 0.15) is 5.82 Å². The van der Waals surface area contributed by atoms with Crippen molar-refractivity contribution >= 4 is 0 Å². The fraction of sp³-hybridized carbons (Fsp3) is 0.333. The van der Waals surface area contributed by atoms with Gasteiger partial charge in [-0.1, -0.05) is 19.1 Å². The van der Waals surface area contributed by atoms with Gasteiger partial charge in [-0.2, -0.15) is 0 Å². The van der Waals surface area contributed by atoms with E-state index in [1.165, 1.54) is 6.92 Å². The minimum absolute atomic E-state index is 0.221. The second-order valence-electron chi connectivity index (χ2n) is 4.71. The molecule has 0 aliphatic heterocycles. The van der Waals surface area contributed by atoms with Crippen molar-refractivity contribution in [2.45, 2.75) is 26.8 Å². The Morgan fingerprint density at radius 1 is 1.10 bits per heavy atom. The van der Waals surface area contributed by atoms with Crippen molar-refractivity contribution in [3.8, 4) is 0 Å². The molecule has 0 saturated heterocycles. The summed E-state index contributed by atoms with van der Waals surface area (Å²) in [6.07, 6.45) is 3.32. The highest BCUT2D eigenvalue weighted by atomic mass is 19.2. The number of rotatable bonds is 4. The molecule has 106 valence electrons. The number of benzene rings is 1. The van der Waals surface area contributed by atoms with Gasteiger partial charge in [-0.3, -0.25) is 0 Å². The lowest BCUT2D eigenvalue weighted by Crippen LogP contribution is -2.25. The van der Waals surface area contributed by atoms with Gasteiger partial charge >= 0.3 is 0 Å². The van der Waals surface area contributed by atoms with Crippen molar-refractivity contribution in [2.75, 3.05) is 6.54 Å². The molecule has 0 aliphatic rings. The highest BCUT2D eigenvalue weighted by Crippen LogP contribution is 2.25. The first-order chi connectivity index (χ1) is 9.54. The van der Waals surface area contributed by atoms with Gasteiger partial charge in [0.25, 0.3) is 0 Å². The molecule has 0 aliphatic carbocycles. The highest BCUT2D eigenvalue weighted by Gasteiger charge is 2.22. The van der Waals surface area contributed by atoms with Crippen molar-refractivity contribution < 1.29 is 8.78 Å². The Morgan fingerprint density at radius 3 is 2.35 bits per heavy atom. The maximum atomic E-state index is 14.1. The van der Waals surface area contributed by atoms with Crippen LogP contribution < -0.4 is 5.32 Å². The first kappa shape index (κ1) is 14.5. The normalized spacial score (nSPS) is 12.4. The average molecular weight is 277 g/mol. The molecule has 0 fully saturated rings. The Balaban J connectivity index is 2.48. The predicted molar refractivity (Wildman–Crippen MR) is 73.4 cm³/mol. The zero-order chi connectivity index (χ0) is 14.7. The summed E-state index contributed by atoms with van der Waals surface area (Å²) in [5.74, 6) is -1.24. The van der Waals surface area contributed by atoms with Gasteiger partial charge in [-0.15, -0.1) is 0 Å². The van der Waals surface area contributed by atoms with E-state index in [0.29, 0.717) is 12.4 Å². The first-order valence-electron chi connectivity index (χ1n) is 6.51. The second kappa shape index (κ2) is 6.05. The van der Waals surface area contributed by atoms with E-state index >= 15 is 0 Å². The lowest BCUT2D eigenvalue weighted by atomic mass is 10.0. The molecular formula is C15H17F2N3. The molecule has 3 nitrogen and oxygen atoms in total. The minimum atomic E-state index is -0.847. The standard InChI is InChI=1S/C15H17F2N3/c1-4-18-14(15-19-7-9(2)8-20-15)11-6-5-10(3)12(16)13(11)17/h5-8,14,18H,4H2,1-3H3. The zero-order valence-electron chi connectivity index (χ0n) is 11.7. The lowest BCUT2D eigenvalue weighted by molar-refractivity contribution is 0.474. The summed E-state index contributed by atoms with van der Waals surface area (Å²) >= 11 is 0. The molecule has 0 amide bonds. The number of hydrogen-bond acceptors (Lipinski definition) is 3. The first-order valence-corrected chi connectivity index (χ1v) is 6.51. The number of nitrogens with one attached hydrogen (secondary N) is 1. The second-order valence-corrected chi connectivity index (χ2v) is 4.71. The molecule has 1 N–H and O–H groups in total. The van der Waals surface area contributed by atoms with Crippen LogP contribution in [0.15, 0.2) is 24.5 Å². The molecule has 0 saturated carbocycles. The summed E-state index contributed by atoms with van der Waals surface area (Å²) in [7, 11) is 0. The Kier molecular flexibility index (Phi) is 4.39. The van der Waals surface area contributed by atoms with Crippen LogP contribution in [0.5, 0.6) is 0 Å². The molecule has 20 heavy (non-hydrogen) atoms. The summed E-state index contributed by atoms with van der Waals surface area (Å²) < 4.78 is 27.9. The molecule has 0 radical (unpaired) electrons. The third kappa shape index (κ3) is 2.82. The Bertz CT molecular complexity index is 597. The Hall–Kier alpha value is -1.88. The van der Waals surface area contributed by atoms with Gasteiger partial charge in [0.15, 0.2) is 11.6 Å². The van der Waals surface area contributed by atoms with Crippen LogP contribution in [0.3, 0.4) is 0 Å². The molecular weight excluding hydrogens is 260 g/mol. The van der Waals surface area contributed by atoms with Crippen LogP contribution in [0, 0.1) is 25.5 Å². The number of hydrogen-bond donors (Lipinski definition) is 1. The molecule has 1 aromatic heterocycles. The van der Waals surface area contributed by atoms with Gasteiger partial charge in [0, 0.05) is 18.0 Å². The van der Waals surface area contributed by atoms with Crippen LogP contribution in [0.1, 0.15) is 35.5 Å². The molecule has 1 heterocycles. The zero-order valence-corrected chi connectivity index (χ0v) is 11.7. The maximum absolute atomic E-state index is 14.1. The van der Waals surface area contributed by atoms with Gasteiger partial charge in [0.2, 0.25) is 0 Å². The van der Waals surface area contributed by atoms with E-state index in [1.54, 1.807) is 24.5 Å². The monoisotopic (exact) mass is 277 g/mol. The summed E-state index contributed by atoms with van der Waals surface area (Å²) in [4.78, 5) is 8.41. The number of halogens is 2. The third-order valence-electron chi connectivity index (χ3n) is 3.08. The van der Waals surface area contributed by atoms with Crippen molar-refractivity contribution in [1.82, 2.24) is 15.3 Å². The molecule has 1 atom stereocenters. The van der Waals surface area contributed by atoms with Crippen LogP contribution in [0.2, 0.25) is 0 Å². The molecule has 1 unspecified atom stereocenters. The van der Waals surface area contributed by atoms with Crippen molar-refractivity contribution in [2.24, 2.45) is 0 Å². The topological polar surface area (TPSA) is 37.8 Å². The fourth-order valence-corrected chi connectivity index (χ4v) is 1.98. The van der Waals surface area contributed by atoms with Crippen LogP contribution in [-0.2, 0) is 0 Å². The van der Waals surface area contributed by atoms with E-state index in [-0.39, 0.29) is 11.1 Å². The highest BCUT2D eigenvalue weighted by molar-refractivity contribution is 5.31. The summed E-state index contributed by atoms with van der Waals surface area (Å²) in [6, 6.07) is 2.58. The molecule has 0 spiro atoms. The number of aryl methyl sites for hydroxylation is 2. The SMILES string of the molecule is CCNC(c1ncc(C)cn1)c1ccc(C)c(F)c1F. The smallest absolute Gasteiger partial charge is 0.164 e. The molecule has 5 heteroatoms. The third-order valence-corrected chi connectivity index (χ3v) is 3.08. The lowest BCUT2D eigenvalue weighted by Gasteiger charge is -2.18. The fourth-order valence-electron chi connectivity index (χ4n) is 1.98. The predicted octanol–water partition coefficient (Wildman–Crippen LogP) is 3.07. The van der Waals surface area contributed by atoms with Gasteiger partial charge < -0.3 is 5.32 Å². The molecule has 2 rings (SSSR count). The Morgan fingerprint density at radius 2 is 1.75 bits per heavy atom. The summed E-state index contributed by atoms with van der Waals surface area (Å²) in [6.45, 7) is 5.89. The van der Waals surface area contributed by atoms with Crippen molar-refractivity contribution in [1.29, 1.82) is 0 Å². The van der Waals surface area contributed by atoms with Crippen LogP contribution in [0.4, 0.5) is 8.78 Å².